The van der Waals surface area contributed by atoms with Crippen molar-refractivity contribution in [2.75, 3.05) is 25.4 Å². The van der Waals surface area contributed by atoms with Crippen molar-refractivity contribution in [2.24, 2.45) is 5.92 Å². The Morgan fingerprint density at radius 2 is 2.29 bits per heavy atom. The summed E-state index contributed by atoms with van der Waals surface area (Å²) in [4.78, 5) is 23.7. The Labute approximate surface area is 193 Å². The number of likely N-dealkylation sites (tertiary alicyclic amines) is 1. The first-order valence-electron chi connectivity index (χ1n) is 10.5. The van der Waals surface area contributed by atoms with Crippen LogP contribution in [-0.2, 0) is 17.8 Å². The lowest BCUT2D eigenvalue weighted by molar-refractivity contribution is -0.127. The molecule has 3 aromatic rings. The molecule has 7 nitrogen and oxygen atoms in total. The van der Waals surface area contributed by atoms with E-state index >= 15 is 0 Å². The number of pyridine rings is 1. The molecule has 9 heteroatoms. The zero-order valence-corrected chi connectivity index (χ0v) is 19.7. The fraction of sp³-hybridized carbons (Fsp3) is 0.409. The van der Waals surface area contributed by atoms with Gasteiger partial charge in [0.25, 0.3) is 0 Å². The fourth-order valence-electron chi connectivity index (χ4n) is 4.36. The number of ether oxygens (including phenoxy) is 1. The summed E-state index contributed by atoms with van der Waals surface area (Å²) < 4.78 is 9.03. The van der Waals surface area contributed by atoms with Gasteiger partial charge in [-0.1, -0.05) is 11.8 Å². The number of aromatic nitrogens is 3. The highest BCUT2D eigenvalue weighted by Gasteiger charge is 2.25. The number of anilines is 1. The number of halogens is 1. The average Bonchev–Trinajstić information content (AvgIpc) is 3.46. The third-order valence-corrected chi connectivity index (χ3v) is 8.07. The number of amides is 1. The maximum atomic E-state index is 11.7. The van der Waals surface area contributed by atoms with Gasteiger partial charge >= 0.3 is 0 Å². The smallest absolute Gasteiger partial charge is 0.219 e. The second kappa shape index (κ2) is 8.35. The third kappa shape index (κ3) is 4.01. The first-order valence-corrected chi connectivity index (χ1v) is 12.1. The number of rotatable bonds is 5. The maximum absolute atomic E-state index is 11.7. The van der Waals surface area contributed by atoms with E-state index in [0.29, 0.717) is 11.7 Å². The van der Waals surface area contributed by atoms with Crippen LogP contribution in [-0.4, -0.2) is 45.0 Å². The summed E-state index contributed by atoms with van der Waals surface area (Å²) in [5.41, 5.74) is 9.09. The highest BCUT2D eigenvalue weighted by Crippen LogP contribution is 2.40. The van der Waals surface area contributed by atoms with Gasteiger partial charge in [0.15, 0.2) is 11.0 Å². The van der Waals surface area contributed by atoms with E-state index in [1.165, 1.54) is 5.56 Å². The Kier molecular flexibility index (Phi) is 5.56. The molecule has 1 unspecified atom stereocenters. The van der Waals surface area contributed by atoms with Crippen molar-refractivity contribution >= 4 is 50.5 Å². The van der Waals surface area contributed by atoms with Gasteiger partial charge in [0.05, 0.1) is 12.1 Å². The number of carbonyl (C=O) groups is 1. The topological polar surface area (TPSA) is 86.3 Å². The normalized spacial score (nSPS) is 17.9. The van der Waals surface area contributed by atoms with Crippen molar-refractivity contribution in [3.05, 3.63) is 34.4 Å². The first kappa shape index (κ1) is 20.6. The number of hydrogen-bond acceptors (Lipinski definition) is 6. The number of fused-ring (bicyclic) bond motifs is 2. The van der Waals surface area contributed by atoms with E-state index in [2.05, 4.69) is 37.6 Å². The molecule has 2 aliphatic rings. The van der Waals surface area contributed by atoms with Gasteiger partial charge in [-0.3, -0.25) is 4.79 Å². The van der Waals surface area contributed by atoms with Crippen LogP contribution in [0.5, 0.6) is 5.75 Å². The van der Waals surface area contributed by atoms with E-state index < -0.39 is 0 Å². The lowest BCUT2D eigenvalue weighted by atomic mass is 10.1. The molecule has 1 saturated heterocycles. The summed E-state index contributed by atoms with van der Waals surface area (Å²) in [5, 5.41) is 0.884. The zero-order chi connectivity index (χ0) is 21.5. The largest absolute Gasteiger partial charge is 0.493 e. The zero-order valence-electron chi connectivity index (χ0n) is 17.3. The summed E-state index contributed by atoms with van der Waals surface area (Å²) in [6, 6.07) is 6.20. The number of nitrogens with two attached hydrogens (primary N) is 1. The lowest BCUT2D eigenvalue weighted by Crippen LogP contribution is -2.25. The van der Waals surface area contributed by atoms with E-state index in [4.69, 9.17) is 15.5 Å². The number of nitrogens with zero attached hydrogens (tertiary/aromatic N) is 4. The molecule has 2 N–H and O–H groups in total. The minimum absolute atomic E-state index is 0.161. The molecular weight excluding hydrogens is 478 g/mol. The highest BCUT2D eigenvalue weighted by molar-refractivity contribution is 9.10. The van der Waals surface area contributed by atoms with Crippen LogP contribution in [0.15, 0.2) is 38.9 Å². The number of benzene rings is 1. The van der Waals surface area contributed by atoms with E-state index in [9.17, 15) is 4.79 Å². The summed E-state index contributed by atoms with van der Waals surface area (Å²) in [6.07, 6.45) is 4.71. The third-order valence-electron chi connectivity index (χ3n) is 6.10. The quantitative estimate of drug-likeness (QED) is 0.565. The van der Waals surface area contributed by atoms with Crippen molar-refractivity contribution in [1.29, 1.82) is 0 Å². The molecule has 0 saturated carbocycles. The second-order valence-corrected chi connectivity index (χ2v) is 9.97. The van der Waals surface area contributed by atoms with E-state index in [0.717, 1.165) is 76.8 Å². The van der Waals surface area contributed by atoms with Gasteiger partial charge in [0, 0.05) is 48.5 Å². The highest BCUT2D eigenvalue weighted by atomic mass is 79.9. The van der Waals surface area contributed by atoms with Gasteiger partial charge in [-0.2, -0.15) is 0 Å². The molecule has 2 aromatic heterocycles. The molecule has 1 amide bonds. The number of aryl methyl sites for hydroxylation is 1. The predicted molar refractivity (Wildman–Crippen MR) is 124 cm³/mol. The monoisotopic (exact) mass is 501 g/mol. The molecule has 0 aliphatic carbocycles. The molecule has 1 fully saturated rings. The van der Waals surface area contributed by atoms with Gasteiger partial charge in [-0.15, -0.1) is 0 Å². The van der Waals surface area contributed by atoms with Gasteiger partial charge in [0.1, 0.15) is 11.3 Å². The minimum Gasteiger partial charge on any atom is -0.493 e. The summed E-state index contributed by atoms with van der Waals surface area (Å²) in [6.45, 7) is 4.88. The van der Waals surface area contributed by atoms with Crippen LogP contribution < -0.4 is 10.5 Å². The van der Waals surface area contributed by atoms with Crippen LogP contribution in [0.3, 0.4) is 0 Å². The molecule has 0 radical (unpaired) electrons. The molecule has 162 valence electrons. The van der Waals surface area contributed by atoms with Crippen molar-refractivity contribution in [2.45, 2.75) is 42.8 Å². The van der Waals surface area contributed by atoms with Gasteiger partial charge in [-0.05, 0) is 58.5 Å². The van der Waals surface area contributed by atoms with Crippen molar-refractivity contribution in [1.82, 2.24) is 19.4 Å². The van der Waals surface area contributed by atoms with Crippen LogP contribution in [0.2, 0.25) is 0 Å². The van der Waals surface area contributed by atoms with Crippen LogP contribution >= 0.6 is 27.7 Å². The van der Waals surface area contributed by atoms with Gasteiger partial charge in [-0.25, -0.2) is 9.97 Å². The lowest BCUT2D eigenvalue weighted by Gasteiger charge is -2.15. The molecule has 1 atom stereocenters. The van der Waals surface area contributed by atoms with Crippen molar-refractivity contribution in [3.63, 3.8) is 0 Å². The Bertz CT molecular complexity index is 1160. The predicted octanol–water partition coefficient (Wildman–Crippen LogP) is 4.12. The van der Waals surface area contributed by atoms with E-state index in [-0.39, 0.29) is 5.91 Å². The van der Waals surface area contributed by atoms with Crippen LogP contribution in [0.1, 0.15) is 25.3 Å². The summed E-state index contributed by atoms with van der Waals surface area (Å²) >= 11 is 5.32. The number of hydrogen-bond donors (Lipinski definition) is 1. The number of carbonyl (C=O) groups excluding carboxylic acids is 1. The minimum atomic E-state index is 0.161. The first-order chi connectivity index (χ1) is 15.0. The number of nitrogen functional groups attached to an aromatic ring is 1. The standard InChI is InChI=1S/C22H24BrN5O2S/c1-13(29)27-7-3-14(12-27)4-8-28-17-2-6-25-21(24)20(17)26-22(28)31-19-11-18-15(5-9-30-18)10-16(19)23/h2,6,10-11,14H,3-5,7-9,12H2,1H3,(H2,24,25). The Morgan fingerprint density at radius 1 is 1.42 bits per heavy atom. The molecule has 31 heavy (non-hydrogen) atoms. The van der Waals surface area contributed by atoms with Crippen molar-refractivity contribution in [3.8, 4) is 5.75 Å². The van der Waals surface area contributed by atoms with Crippen LogP contribution in [0, 0.1) is 5.92 Å². The Balaban J connectivity index is 1.44. The molecular formula is C22H24BrN5O2S. The summed E-state index contributed by atoms with van der Waals surface area (Å²) in [5.74, 6) is 2.05. The van der Waals surface area contributed by atoms with E-state index in [1.54, 1.807) is 24.9 Å². The summed E-state index contributed by atoms with van der Waals surface area (Å²) in [7, 11) is 0. The fourth-order valence-corrected chi connectivity index (χ4v) is 5.95. The van der Waals surface area contributed by atoms with Gasteiger partial charge < -0.3 is 19.9 Å². The molecule has 4 heterocycles. The van der Waals surface area contributed by atoms with E-state index in [1.807, 2.05) is 11.0 Å². The number of imidazole rings is 1. The second-order valence-electron chi connectivity index (χ2n) is 8.11. The Hall–Kier alpha value is -2.26. The average molecular weight is 502 g/mol. The van der Waals surface area contributed by atoms with Gasteiger partial charge in [0.2, 0.25) is 5.91 Å². The van der Waals surface area contributed by atoms with Crippen LogP contribution in [0.4, 0.5) is 5.82 Å². The van der Waals surface area contributed by atoms with Crippen molar-refractivity contribution < 1.29 is 9.53 Å². The maximum Gasteiger partial charge on any atom is 0.219 e. The SMILES string of the molecule is CC(=O)N1CCC(CCn2c(Sc3cc4c(cc3Br)CCO4)nc3c(N)nccc32)C1. The molecule has 0 bridgehead atoms. The van der Waals surface area contributed by atoms with Crippen LogP contribution in [0.25, 0.3) is 11.0 Å². The molecule has 2 aliphatic heterocycles. The molecule has 0 spiro atoms. The molecule has 5 rings (SSSR count). The Morgan fingerprint density at radius 3 is 3.10 bits per heavy atom. The molecule has 1 aromatic carbocycles.